The van der Waals surface area contributed by atoms with Crippen LogP contribution in [0.2, 0.25) is 0 Å². The molecule has 0 unspecified atom stereocenters. The van der Waals surface area contributed by atoms with Gasteiger partial charge in [-0.3, -0.25) is 9.59 Å². The molecule has 2 rings (SSSR count). The lowest BCUT2D eigenvalue weighted by atomic mass is 10.2. The maximum atomic E-state index is 11.8. The molecule has 0 bridgehead atoms. The highest BCUT2D eigenvalue weighted by molar-refractivity contribution is 9.10. The fraction of sp³-hybridized carbons (Fsp3) is 0.125. The summed E-state index contributed by atoms with van der Waals surface area (Å²) in [5.74, 6) is -0.313. The Hall–Kier alpha value is -2.14. The SMILES string of the molecule is O=C(CCNC(=O)c1ccc(Br)cc1)Nc1ccccc1. The second-order valence-corrected chi connectivity index (χ2v) is 5.34. The summed E-state index contributed by atoms with van der Waals surface area (Å²) >= 11 is 3.31. The lowest BCUT2D eigenvalue weighted by Crippen LogP contribution is -2.27. The van der Waals surface area contributed by atoms with Crippen LogP contribution in [-0.4, -0.2) is 18.4 Å². The van der Waals surface area contributed by atoms with E-state index in [1.165, 1.54) is 0 Å². The zero-order chi connectivity index (χ0) is 15.1. The Labute approximate surface area is 131 Å². The highest BCUT2D eigenvalue weighted by atomic mass is 79.9. The smallest absolute Gasteiger partial charge is 0.251 e. The van der Waals surface area contributed by atoms with E-state index in [1.54, 1.807) is 24.3 Å². The number of rotatable bonds is 5. The van der Waals surface area contributed by atoms with E-state index in [9.17, 15) is 9.59 Å². The molecule has 0 radical (unpaired) electrons. The Morgan fingerprint density at radius 1 is 0.952 bits per heavy atom. The molecule has 0 heterocycles. The molecule has 2 aromatic carbocycles. The van der Waals surface area contributed by atoms with Crippen molar-refractivity contribution in [3.8, 4) is 0 Å². The standard InChI is InChI=1S/C16H15BrN2O2/c17-13-8-6-12(7-9-13)16(21)18-11-10-15(20)19-14-4-2-1-3-5-14/h1-9H,10-11H2,(H,18,21)(H,19,20). The number of hydrogen-bond donors (Lipinski definition) is 2. The molecule has 2 aromatic rings. The minimum atomic E-state index is -0.185. The topological polar surface area (TPSA) is 58.2 Å². The lowest BCUT2D eigenvalue weighted by molar-refractivity contribution is -0.116. The van der Waals surface area contributed by atoms with Gasteiger partial charge in [0.25, 0.3) is 5.91 Å². The molecule has 0 saturated heterocycles. The van der Waals surface area contributed by atoms with Gasteiger partial charge in [-0.25, -0.2) is 0 Å². The first-order valence-electron chi connectivity index (χ1n) is 6.54. The summed E-state index contributed by atoms with van der Waals surface area (Å²) in [6.07, 6.45) is 0.233. The lowest BCUT2D eigenvalue weighted by Gasteiger charge is -2.07. The maximum absolute atomic E-state index is 11.8. The Balaban J connectivity index is 1.75. The number of carbonyl (C=O) groups is 2. The molecule has 0 aliphatic carbocycles. The molecule has 0 spiro atoms. The Bertz CT molecular complexity index is 612. The van der Waals surface area contributed by atoms with Crippen molar-refractivity contribution in [2.24, 2.45) is 0 Å². The van der Waals surface area contributed by atoms with Crippen LogP contribution in [0.15, 0.2) is 59.1 Å². The molecule has 21 heavy (non-hydrogen) atoms. The normalized spacial score (nSPS) is 9.95. The highest BCUT2D eigenvalue weighted by Crippen LogP contribution is 2.10. The number of amides is 2. The van der Waals surface area contributed by atoms with Crippen molar-refractivity contribution in [3.05, 3.63) is 64.6 Å². The van der Waals surface area contributed by atoms with E-state index in [4.69, 9.17) is 0 Å². The molecule has 2 amide bonds. The van der Waals surface area contributed by atoms with Crippen LogP contribution in [0.3, 0.4) is 0 Å². The first kappa shape index (κ1) is 15.3. The van der Waals surface area contributed by atoms with Gasteiger partial charge < -0.3 is 10.6 Å². The molecule has 0 aromatic heterocycles. The van der Waals surface area contributed by atoms with Crippen molar-refractivity contribution in [2.75, 3.05) is 11.9 Å². The van der Waals surface area contributed by atoms with E-state index < -0.39 is 0 Å². The largest absolute Gasteiger partial charge is 0.352 e. The first-order valence-corrected chi connectivity index (χ1v) is 7.33. The third-order valence-electron chi connectivity index (χ3n) is 2.80. The number of anilines is 1. The summed E-state index contributed by atoms with van der Waals surface area (Å²) in [7, 11) is 0. The molecular formula is C16H15BrN2O2. The van der Waals surface area contributed by atoms with Crippen molar-refractivity contribution in [1.82, 2.24) is 5.32 Å². The number of benzene rings is 2. The van der Waals surface area contributed by atoms with Crippen LogP contribution < -0.4 is 10.6 Å². The number of para-hydroxylation sites is 1. The molecule has 5 heteroatoms. The van der Waals surface area contributed by atoms with Crippen LogP contribution in [-0.2, 0) is 4.79 Å². The summed E-state index contributed by atoms with van der Waals surface area (Å²) in [6.45, 7) is 0.299. The third kappa shape index (κ3) is 5.04. The van der Waals surface area contributed by atoms with Gasteiger partial charge in [0, 0.05) is 28.7 Å². The number of hydrogen-bond acceptors (Lipinski definition) is 2. The molecule has 0 saturated carbocycles. The quantitative estimate of drug-likeness (QED) is 0.873. The van der Waals surface area contributed by atoms with Gasteiger partial charge in [-0.05, 0) is 36.4 Å². The molecule has 0 atom stereocenters. The summed E-state index contributed by atoms with van der Waals surface area (Å²) in [4.78, 5) is 23.5. The average Bonchev–Trinajstić information content (AvgIpc) is 2.49. The predicted molar refractivity (Wildman–Crippen MR) is 86.2 cm³/mol. The number of halogens is 1. The molecule has 0 aliphatic rings. The molecule has 2 N–H and O–H groups in total. The summed E-state index contributed by atoms with van der Waals surface area (Å²) < 4.78 is 0.918. The molecule has 0 fully saturated rings. The fourth-order valence-corrected chi connectivity index (χ4v) is 2.00. The van der Waals surface area contributed by atoms with Crippen LogP contribution in [0.4, 0.5) is 5.69 Å². The Kier molecular flexibility index (Phi) is 5.51. The zero-order valence-corrected chi connectivity index (χ0v) is 12.9. The van der Waals surface area contributed by atoms with E-state index in [2.05, 4.69) is 26.6 Å². The van der Waals surface area contributed by atoms with Crippen LogP contribution >= 0.6 is 15.9 Å². The van der Waals surface area contributed by atoms with Crippen LogP contribution in [0.1, 0.15) is 16.8 Å². The van der Waals surface area contributed by atoms with Crippen molar-refractivity contribution in [3.63, 3.8) is 0 Å². The fourth-order valence-electron chi connectivity index (χ4n) is 1.74. The summed E-state index contributed by atoms with van der Waals surface area (Å²) in [5.41, 5.74) is 1.32. The van der Waals surface area contributed by atoms with Crippen molar-refractivity contribution in [2.45, 2.75) is 6.42 Å². The molecule has 4 nitrogen and oxygen atoms in total. The van der Waals surface area contributed by atoms with Crippen LogP contribution in [0, 0.1) is 0 Å². The average molecular weight is 347 g/mol. The van der Waals surface area contributed by atoms with E-state index >= 15 is 0 Å². The van der Waals surface area contributed by atoms with E-state index in [0.717, 1.165) is 10.2 Å². The molecule has 0 aliphatic heterocycles. The van der Waals surface area contributed by atoms with E-state index in [1.807, 2.05) is 30.3 Å². The number of carbonyl (C=O) groups excluding carboxylic acids is 2. The Morgan fingerprint density at radius 3 is 2.29 bits per heavy atom. The van der Waals surface area contributed by atoms with Gasteiger partial charge in [0.05, 0.1) is 0 Å². The molecule has 108 valence electrons. The van der Waals surface area contributed by atoms with E-state index in [-0.39, 0.29) is 18.2 Å². The van der Waals surface area contributed by atoms with Gasteiger partial charge in [0.1, 0.15) is 0 Å². The van der Waals surface area contributed by atoms with Gasteiger partial charge in [-0.1, -0.05) is 34.1 Å². The minimum absolute atomic E-state index is 0.127. The third-order valence-corrected chi connectivity index (χ3v) is 3.33. The van der Waals surface area contributed by atoms with Crippen molar-refractivity contribution < 1.29 is 9.59 Å². The van der Waals surface area contributed by atoms with Gasteiger partial charge in [-0.15, -0.1) is 0 Å². The van der Waals surface area contributed by atoms with Crippen LogP contribution in [0.5, 0.6) is 0 Å². The minimum Gasteiger partial charge on any atom is -0.352 e. The van der Waals surface area contributed by atoms with E-state index in [0.29, 0.717) is 12.1 Å². The Morgan fingerprint density at radius 2 is 1.62 bits per heavy atom. The van der Waals surface area contributed by atoms with Gasteiger partial charge in [-0.2, -0.15) is 0 Å². The first-order chi connectivity index (χ1) is 10.1. The second-order valence-electron chi connectivity index (χ2n) is 4.43. The summed E-state index contributed by atoms with van der Waals surface area (Å²) in [6, 6.07) is 16.3. The predicted octanol–water partition coefficient (Wildman–Crippen LogP) is 3.21. The zero-order valence-electron chi connectivity index (χ0n) is 11.3. The van der Waals surface area contributed by atoms with Gasteiger partial charge >= 0.3 is 0 Å². The van der Waals surface area contributed by atoms with Gasteiger partial charge in [0.2, 0.25) is 5.91 Å². The monoisotopic (exact) mass is 346 g/mol. The van der Waals surface area contributed by atoms with Gasteiger partial charge in [0.15, 0.2) is 0 Å². The second kappa shape index (κ2) is 7.59. The van der Waals surface area contributed by atoms with Crippen molar-refractivity contribution >= 4 is 33.4 Å². The summed E-state index contributed by atoms with van der Waals surface area (Å²) in [5, 5.41) is 5.49. The van der Waals surface area contributed by atoms with Crippen molar-refractivity contribution in [1.29, 1.82) is 0 Å². The highest BCUT2D eigenvalue weighted by Gasteiger charge is 2.06. The maximum Gasteiger partial charge on any atom is 0.251 e. The molecular weight excluding hydrogens is 332 g/mol. The van der Waals surface area contributed by atoms with Crippen LogP contribution in [0.25, 0.3) is 0 Å². The number of nitrogens with one attached hydrogen (secondary N) is 2.